The van der Waals surface area contributed by atoms with E-state index in [1.807, 2.05) is 20.8 Å². The number of unbranched alkanes of at least 4 members (excludes halogenated alkanes) is 1. The van der Waals surface area contributed by atoms with E-state index in [2.05, 4.69) is 38.3 Å². The molecule has 0 aromatic heterocycles. The van der Waals surface area contributed by atoms with Gasteiger partial charge < -0.3 is 20.5 Å². The monoisotopic (exact) mass is 540 g/mol. The molecule has 2 amide bonds. The molecule has 0 aromatic rings. The van der Waals surface area contributed by atoms with Gasteiger partial charge in [-0.1, -0.05) is 91.9 Å². The first kappa shape index (κ1) is 36.2. The minimum absolute atomic E-state index is 0.0399. The van der Waals surface area contributed by atoms with Gasteiger partial charge in [-0.05, 0) is 57.3 Å². The molecule has 3 N–H and O–H groups in total. The van der Waals surface area contributed by atoms with Crippen molar-refractivity contribution < 1.29 is 24.2 Å². The molecule has 0 radical (unpaired) electrons. The van der Waals surface area contributed by atoms with Crippen LogP contribution in [0.15, 0.2) is 0 Å². The van der Waals surface area contributed by atoms with E-state index in [1.165, 1.54) is 57.8 Å². The van der Waals surface area contributed by atoms with E-state index in [1.54, 1.807) is 0 Å². The third-order valence-corrected chi connectivity index (χ3v) is 7.26. The van der Waals surface area contributed by atoms with Gasteiger partial charge in [0.1, 0.15) is 5.60 Å². The van der Waals surface area contributed by atoms with Gasteiger partial charge in [-0.3, -0.25) is 9.59 Å². The smallest absolute Gasteiger partial charge is 0.407 e. The molecule has 0 spiro atoms. The minimum atomic E-state index is -0.683. The number of aliphatic carboxylic acids is 1. The summed E-state index contributed by atoms with van der Waals surface area (Å²) in [5.41, 5.74) is -0.521. The first-order chi connectivity index (χ1) is 17.8. The predicted molar refractivity (Wildman–Crippen MR) is 156 cm³/mol. The number of ether oxygens (including phenoxy) is 1. The second-order valence-electron chi connectivity index (χ2n) is 12.8. The number of hydrogen-bond acceptors (Lipinski definition) is 4. The lowest BCUT2D eigenvalue weighted by Gasteiger charge is -2.19. The summed E-state index contributed by atoms with van der Waals surface area (Å²) < 4.78 is 5.17. The molecule has 7 heteroatoms. The third-order valence-electron chi connectivity index (χ3n) is 7.26. The standard InChI is InChI=1S/C31H60N2O5/c1-24(12-8-9-13-25(2)15-11-17-27(4)19-21-29(35)36)14-10-16-26(3)18-20-28(34)32-22-23-33-30(37)38-31(5,6)7/h24-27H,8-23H2,1-7H3,(H,32,34)(H,33,37)(H,35,36). The summed E-state index contributed by atoms with van der Waals surface area (Å²) in [6.07, 6.45) is 14.5. The number of carboxylic acids is 1. The van der Waals surface area contributed by atoms with E-state index in [4.69, 9.17) is 9.84 Å². The van der Waals surface area contributed by atoms with E-state index >= 15 is 0 Å². The number of carboxylic acid groups (broad SMARTS) is 1. The van der Waals surface area contributed by atoms with Gasteiger partial charge in [0, 0.05) is 25.9 Å². The highest BCUT2D eigenvalue weighted by atomic mass is 16.6. The van der Waals surface area contributed by atoms with Gasteiger partial charge in [-0.25, -0.2) is 4.79 Å². The average Bonchev–Trinajstić information content (AvgIpc) is 2.80. The van der Waals surface area contributed by atoms with E-state index in [9.17, 15) is 14.4 Å². The molecule has 224 valence electrons. The molecular weight excluding hydrogens is 480 g/mol. The van der Waals surface area contributed by atoms with Gasteiger partial charge in [0.25, 0.3) is 0 Å². The van der Waals surface area contributed by atoms with E-state index in [0.29, 0.717) is 37.8 Å². The van der Waals surface area contributed by atoms with Crippen molar-refractivity contribution in [2.45, 2.75) is 144 Å². The molecule has 0 aromatic carbocycles. The molecular formula is C31H60N2O5. The minimum Gasteiger partial charge on any atom is -0.481 e. The maximum Gasteiger partial charge on any atom is 0.407 e. The van der Waals surface area contributed by atoms with Gasteiger partial charge in [0.2, 0.25) is 5.91 Å². The van der Waals surface area contributed by atoms with Crippen LogP contribution in [0.1, 0.15) is 138 Å². The molecule has 0 saturated carbocycles. The largest absolute Gasteiger partial charge is 0.481 e. The van der Waals surface area contributed by atoms with Crippen LogP contribution in [0.2, 0.25) is 0 Å². The third kappa shape index (κ3) is 24.5. The molecule has 0 aliphatic heterocycles. The summed E-state index contributed by atoms with van der Waals surface area (Å²) >= 11 is 0. The average molecular weight is 541 g/mol. The van der Waals surface area contributed by atoms with Crippen molar-refractivity contribution >= 4 is 18.0 Å². The first-order valence-electron chi connectivity index (χ1n) is 15.2. The quantitative estimate of drug-likeness (QED) is 0.122. The molecule has 0 bridgehead atoms. The van der Waals surface area contributed by atoms with Crippen LogP contribution in [0.3, 0.4) is 0 Å². The Kier molecular flexibility index (Phi) is 20.1. The van der Waals surface area contributed by atoms with E-state index in [-0.39, 0.29) is 5.91 Å². The van der Waals surface area contributed by atoms with Gasteiger partial charge in [-0.2, -0.15) is 0 Å². The van der Waals surface area contributed by atoms with Crippen LogP contribution in [-0.2, 0) is 14.3 Å². The molecule has 0 aliphatic carbocycles. The zero-order chi connectivity index (χ0) is 29.0. The Morgan fingerprint density at radius 3 is 1.47 bits per heavy atom. The van der Waals surface area contributed by atoms with Crippen molar-refractivity contribution in [1.82, 2.24) is 10.6 Å². The first-order valence-corrected chi connectivity index (χ1v) is 15.2. The Balaban J connectivity index is 3.69. The van der Waals surface area contributed by atoms with Crippen molar-refractivity contribution in [3.63, 3.8) is 0 Å². The fourth-order valence-electron chi connectivity index (χ4n) is 4.71. The number of alkyl carbamates (subject to hydrolysis) is 1. The van der Waals surface area contributed by atoms with Crippen LogP contribution < -0.4 is 10.6 Å². The zero-order valence-electron chi connectivity index (χ0n) is 25.7. The molecule has 38 heavy (non-hydrogen) atoms. The van der Waals surface area contributed by atoms with Crippen molar-refractivity contribution in [3.8, 4) is 0 Å². The number of amides is 2. The highest BCUT2D eigenvalue weighted by Crippen LogP contribution is 2.23. The Labute approximate surface area is 233 Å². The number of rotatable bonds is 22. The summed E-state index contributed by atoms with van der Waals surface area (Å²) in [5, 5.41) is 14.3. The van der Waals surface area contributed by atoms with Crippen molar-refractivity contribution in [2.24, 2.45) is 23.7 Å². The maximum absolute atomic E-state index is 12.1. The fraction of sp³-hybridized carbons (Fsp3) is 0.903. The Bertz CT molecular complexity index is 647. The highest BCUT2D eigenvalue weighted by Gasteiger charge is 2.15. The van der Waals surface area contributed by atoms with Crippen LogP contribution in [0.4, 0.5) is 4.79 Å². The lowest BCUT2D eigenvalue weighted by Crippen LogP contribution is -2.37. The van der Waals surface area contributed by atoms with E-state index < -0.39 is 17.7 Å². The van der Waals surface area contributed by atoms with Crippen LogP contribution in [0, 0.1) is 23.7 Å². The molecule has 0 aliphatic rings. The molecule has 7 nitrogen and oxygen atoms in total. The van der Waals surface area contributed by atoms with Crippen LogP contribution >= 0.6 is 0 Å². The molecule has 4 atom stereocenters. The summed E-state index contributed by atoms with van der Waals surface area (Å²) in [7, 11) is 0. The van der Waals surface area contributed by atoms with Gasteiger partial charge in [0.05, 0.1) is 0 Å². The predicted octanol–water partition coefficient (Wildman–Crippen LogP) is 7.72. The number of carbonyl (C=O) groups excluding carboxylic acids is 2. The van der Waals surface area contributed by atoms with Crippen molar-refractivity contribution in [3.05, 3.63) is 0 Å². The summed E-state index contributed by atoms with van der Waals surface area (Å²) in [6.45, 7) is 15.4. The maximum atomic E-state index is 12.1. The van der Waals surface area contributed by atoms with Gasteiger partial charge >= 0.3 is 12.1 Å². The van der Waals surface area contributed by atoms with Crippen molar-refractivity contribution in [1.29, 1.82) is 0 Å². The van der Waals surface area contributed by atoms with Crippen LogP contribution in [-0.4, -0.2) is 41.8 Å². The Hall–Kier alpha value is -1.79. The van der Waals surface area contributed by atoms with E-state index in [0.717, 1.165) is 31.1 Å². The SMILES string of the molecule is CC(CCCCC(C)CCCC(C)CCC(=O)NCCNC(=O)OC(C)(C)C)CCCC(C)CCC(=O)O. The lowest BCUT2D eigenvalue weighted by molar-refractivity contribution is -0.137. The van der Waals surface area contributed by atoms with Crippen molar-refractivity contribution in [2.75, 3.05) is 13.1 Å². The number of nitrogens with one attached hydrogen (secondary N) is 2. The molecule has 0 rings (SSSR count). The molecule has 0 heterocycles. The topological polar surface area (TPSA) is 105 Å². The molecule has 0 fully saturated rings. The van der Waals surface area contributed by atoms with Gasteiger partial charge in [-0.15, -0.1) is 0 Å². The highest BCUT2D eigenvalue weighted by molar-refractivity contribution is 5.76. The second-order valence-corrected chi connectivity index (χ2v) is 12.8. The van der Waals surface area contributed by atoms with Crippen LogP contribution in [0.25, 0.3) is 0 Å². The summed E-state index contributed by atoms with van der Waals surface area (Å²) in [5.74, 6) is 1.93. The summed E-state index contributed by atoms with van der Waals surface area (Å²) in [6, 6.07) is 0. The second kappa shape index (κ2) is 21.1. The zero-order valence-corrected chi connectivity index (χ0v) is 25.7. The fourth-order valence-corrected chi connectivity index (χ4v) is 4.71. The lowest BCUT2D eigenvalue weighted by atomic mass is 9.90. The van der Waals surface area contributed by atoms with Gasteiger partial charge in [0.15, 0.2) is 0 Å². The number of hydrogen-bond donors (Lipinski definition) is 3. The summed E-state index contributed by atoms with van der Waals surface area (Å²) in [4.78, 5) is 34.3. The number of carbonyl (C=O) groups is 3. The molecule has 4 unspecified atom stereocenters. The Morgan fingerprint density at radius 2 is 1.03 bits per heavy atom. The molecule has 0 saturated heterocycles. The van der Waals surface area contributed by atoms with Crippen LogP contribution in [0.5, 0.6) is 0 Å². The Morgan fingerprint density at radius 1 is 0.632 bits per heavy atom. The normalized spacial score (nSPS) is 14.8.